The SMILES string of the molecule is COC(=O)C1=C(C)N=c2s/c(=C\c3cc(Cl)c(OCC(=O)O)c(Cl)c3)c(=O)n2[C@@H]1c1cc(Cl)ccc1OC. The molecule has 4 rings (SSSR count). The van der Waals surface area contributed by atoms with Gasteiger partial charge in [-0.3, -0.25) is 9.36 Å². The van der Waals surface area contributed by atoms with E-state index in [0.717, 1.165) is 11.3 Å². The van der Waals surface area contributed by atoms with Gasteiger partial charge in [0.2, 0.25) is 0 Å². The van der Waals surface area contributed by atoms with Crippen LogP contribution in [-0.4, -0.2) is 42.4 Å². The Bertz CT molecular complexity index is 1650. The van der Waals surface area contributed by atoms with Crippen LogP contribution in [0.15, 0.2) is 51.4 Å². The molecular formula is C25H19Cl3N2O7S. The number of thiazole rings is 1. The summed E-state index contributed by atoms with van der Waals surface area (Å²) in [6.07, 6.45) is 1.56. The van der Waals surface area contributed by atoms with Crippen LogP contribution in [0.4, 0.5) is 0 Å². The highest BCUT2D eigenvalue weighted by Gasteiger charge is 2.35. The van der Waals surface area contributed by atoms with Crippen molar-refractivity contribution in [3.05, 3.63) is 87.5 Å². The van der Waals surface area contributed by atoms with Gasteiger partial charge in [0.25, 0.3) is 5.56 Å². The zero-order valence-electron chi connectivity index (χ0n) is 20.1. The van der Waals surface area contributed by atoms with Gasteiger partial charge in [-0.05, 0) is 48.9 Å². The van der Waals surface area contributed by atoms with Crippen LogP contribution in [0.2, 0.25) is 15.1 Å². The van der Waals surface area contributed by atoms with E-state index >= 15 is 0 Å². The third-order valence-corrected chi connectivity index (χ3v) is 7.35. The van der Waals surface area contributed by atoms with Gasteiger partial charge < -0.3 is 19.3 Å². The van der Waals surface area contributed by atoms with Gasteiger partial charge in [-0.2, -0.15) is 0 Å². The van der Waals surface area contributed by atoms with Crippen molar-refractivity contribution >= 4 is 64.2 Å². The fourth-order valence-electron chi connectivity index (χ4n) is 3.99. The summed E-state index contributed by atoms with van der Waals surface area (Å²) >= 11 is 19.9. The van der Waals surface area contributed by atoms with Crippen molar-refractivity contribution in [2.75, 3.05) is 20.8 Å². The van der Waals surface area contributed by atoms with Gasteiger partial charge in [-0.1, -0.05) is 46.1 Å². The number of nitrogens with zero attached hydrogens (tertiary/aromatic N) is 2. The number of aromatic nitrogens is 1. The predicted octanol–water partition coefficient (Wildman–Crippen LogP) is 3.84. The average molecular weight is 598 g/mol. The molecule has 0 fully saturated rings. The van der Waals surface area contributed by atoms with E-state index < -0.39 is 30.1 Å². The molecule has 1 aliphatic heterocycles. The molecule has 38 heavy (non-hydrogen) atoms. The van der Waals surface area contributed by atoms with Crippen molar-refractivity contribution < 1.29 is 28.9 Å². The molecule has 1 aromatic heterocycles. The third kappa shape index (κ3) is 5.30. The number of hydrogen-bond acceptors (Lipinski definition) is 8. The second-order valence-corrected chi connectivity index (χ2v) is 10.2. The minimum Gasteiger partial charge on any atom is -0.496 e. The molecule has 3 aromatic rings. The number of hydrogen-bond donors (Lipinski definition) is 1. The lowest BCUT2D eigenvalue weighted by Gasteiger charge is -2.25. The number of methoxy groups -OCH3 is 2. The summed E-state index contributed by atoms with van der Waals surface area (Å²) in [4.78, 5) is 42.3. The van der Waals surface area contributed by atoms with E-state index in [1.807, 2.05) is 0 Å². The van der Waals surface area contributed by atoms with Gasteiger partial charge in [-0.25, -0.2) is 14.6 Å². The largest absolute Gasteiger partial charge is 0.496 e. The maximum atomic E-state index is 13.7. The van der Waals surface area contributed by atoms with Crippen LogP contribution in [0.25, 0.3) is 6.08 Å². The van der Waals surface area contributed by atoms with E-state index in [9.17, 15) is 14.4 Å². The Morgan fingerprint density at radius 2 is 1.84 bits per heavy atom. The first-order valence-corrected chi connectivity index (χ1v) is 12.8. The number of benzene rings is 2. The van der Waals surface area contributed by atoms with Gasteiger partial charge in [0.05, 0.1) is 40.1 Å². The first-order valence-electron chi connectivity index (χ1n) is 10.8. The molecule has 2 heterocycles. The van der Waals surface area contributed by atoms with Crippen LogP contribution in [0.1, 0.15) is 24.1 Å². The minimum atomic E-state index is -1.19. The predicted molar refractivity (Wildman–Crippen MR) is 143 cm³/mol. The average Bonchev–Trinajstić information content (AvgIpc) is 3.16. The van der Waals surface area contributed by atoms with Crippen LogP contribution in [0, 0.1) is 0 Å². The lowest BCUT2D eigenvalue weighted by atomic mass is 9.95. The molecule has 0 saturated carbocycles. The molecule has 13 heteroatoms. The summed E-state index contributed by atoms with van der Waals surface area (Å²) in [6.45, 7) is 1.04. The van der Waals surface area contributed by atoms with Crippen molar-refractivity contribution in [1.82, 2.24) is 4.57 Å². The zero-order valence-corrected chi connectivity index (χ0v) is 23.2. The number of carbonyl (C=O) groups is 2. The first-order chi connectivity index (χ1) is 18.0. The van der Waals surface area contributed by atoms with Crippen LogP contribution < -0.4 is 24.4 Å². The Labute approximate surface area is 234 Å². The summed E-state index contributed by atoms with van der Waals surface area (Å²) in [5, 5.41) is 9.38. The van der Waals surface area contributed by atoms with E-state index in [-0.39, 0.29) is 25.9 Å². The fraction of sp³-hybridized carbons (Fsp3) is 0.200. The molecule has 1 N–H and O–H groups in total. The van der Waals surface area contributed by atoms with Crippen molar-refractivity contribution in [3.8, 4) is 11.5 Å². The normalized spacial score (nSPS) is 15.1. The molecule has 1 aliphatic rings. The highest BCUT2D eigenvalue weighted by atomic mass is 35.5. The van der Waals surface area contributed by atoms with Gasteiger partial charge >= 0.3 is 11.9 Å². The first kappa shape index (κ1) is 27.7. The van der Waals surface area contributed by atoms with E-state index in [2.05, 4.69) is 4.99 Å². The zero-order chi connectivity index (χ0) is 27.7. The molecule has 2 aromatic carbocycles. The minimum absolute atomic E-state index is 0.0146. The summed E-state index contributed by atoms with van der Waals surface area (Å²) in [6, 6.07) is 6.97. The van der Waals surface area contributed by atoms with Gasteiger partial charge in [0, 0.05) is 10.6 Å². The van der Waals surface area contributed by atoms with E-state index in [4.69, 9.17) is 54.1 Å². The summed E-state index contributed by atoms with van der Waals surface area (Å²) in [5.74, 6) is -1.40. The topological polar surface area (TPSA) is 116 Å². The molecule has 0 saturated heterocycles. The molecule has 198 valence electrons. The molecular weight excluding hydrogens is 579 g/mol. The molecule has 0 unspecified atom stereocenters. The van der Waals surface area contributed by atoms with Gasteiger partial charge in [-0.15, -0.1) is 0 Å². The standard InChI is InChI=1S/C25H19Cl3N2O7S/c1-11-20(24(34)36-3)21(14-9-13(26)4-5-17(14)35-2)30-23(33)18(38-25(30)29-11)8-12-6-15(27)22(16(28)7-12)37-10-19(31)32/h4-9,21H,10H2,1-3H3,(H,31,32)/b18-8-/t21-/m1/s1. The van der Waals surface area contributed by atoms with Crippen LogP contribution in [-0.2, 0) is 14.3 Å². The Balaban J connectivity index is 1.92. The number of fused-ring (bicyclic) bond motifs is 1. The third-order valence-electron chi connectivity index (χ3n) is 5.57. The Hall–Kier alpha value is -3.31. The molecule has 9 nitrogen and oxygen atoms in total. The van der Waals surface area contributed by atoms with Crippen LogP contribution in [0.5, 0.6) is 11.5 Å². The fourth-order valence-corrected chi connectivity index (χ4v) is 5.83. The maximum absolute atomic E-state index is 13.7. The van der Waals surface area contributed by atoms with E-state index in [1.165, 1.54) is 30.9 Å². The lowest BCUT2D eigenvalue weighted by Crippen LogP contribution is -2.40. The smallest absolute Gasteiger partial charge is 0.341 e. The summed E-state index contributed by atoms with van der Waals surface area (Å²) in [7, 11) is 2.72. The van der Waals surface area contributed by atoms with Gasteiger partial charge in [0.1, 0.15) is 11.8 Å². The van der Waals surface area contributed by atoms with Crippen molar-refractivity contribution in [3.63, 3.8) is 0 Å². The van der Waals surface area contributed by atoms with Crippen molar-refractivity contribution in [2.45, 2.75) is 13.0 Å². The second-order valence-electron chi connectivity index (χ2n) is 7.96. The number of carboxylic acid groups (broad SMARTS) is 1. The van der Waals surface area contributed by atoms with Crippen LogP contribution in [0.3, 0.4) is 0 Å². The number of carbonyl (C=O) groups excluding carboxylic acids is 1. The number of aliphatic carboxylic acids is 1. The molecule has 0 bridgehead atoms. The Morgan fingerprint density at radius 3 is 2.45 bits per heavy atom. The monoisotopic (exact) mass is 596 g/mol. The van der Waals surface area contributed by atoms with Gasteiger partial charge in [0.15, 0.2) is 17.2 Å². The molecule has 0 aliphatic carbocycles. The number of rotatable bonds is 7. The number of halogens is 3. The number of carboxylic acids is 1. The maximum Gasteiger partial charge on any atom is 0.341 e. The van der Waals surface area contributed by atoms with Crippen molar-refractivity contribution in [1.29, 1.82) is 0 Å². The Morgan fingerprint density at radius 1 is 1.16 bits per heavy atom. The highest BCUT2D eigenvalue weighted by Crippen LogP contribution is 2.37. The van der Waals surface area contributed by atoms with E-state index in [0.29, 0.717) is 32.4 Å². The summed E-state index contributed by atoms with van der Waals surface area (Å²) < 4.78 is 17.3. The molecule has 0 radical (unpaired) electrons. The number of allylic oxidation sites excluding steroid dienone is 1. The summed E-state index contributed by atoms with van der Waals surface area (Å²) in [5.41, 5.74) is 1.05. The van der Waals surface area contributed by atoms with Crippen LogP contribution >= 0.6 is 46.1 Å². The highest BCUT2D eigenvalue weighted by molar-refractivity contribution is 7.07. The molecule has 0 spiro atoms. The number of ether oxygens (including phenoxy) is 3. The van der Waals surface area contributed by atoms with E-state index in [1.54, 1.807) is 31.2 Å². The van der Waals surface area contributed by atoms with Crippen molar-refractivity contribution in [2.24, 2.45) is 4.99 Å². The second kappa shape index (κ2) is 11.2. The molecule has 0 amide bonds. The number of esters is 1. The molecule has 1 atom stereocenters. The quantitative estimate of drug-likeness (QED) is 0.412. The Kier molecular flexibility index (Phi) is 8.17. The lowest BCUT2D eigenvalue weighted by molar-refractivity contribution is -0.139.